The van der Waals surface area contributed by atoms with Crippen LogP contribution < -0.4 is 9.47 Å². The summed E-state index contributed by atoms with van der Waals surface area (Å²) in [5, 5.41) is 4.35. The molecule has 2 aromatic rings. The number of sulfonamides is 1. The third-order valence-corrected chi connectivity index (χ3v) is 5.67. The summed E-state index contributed by atoms with van der Waals surface area (Å²) in [6, 6.07) is 4.65. The zero-order valence-electron chi connectivity index (χ0n) is 14.6. The standard InChI is InChI=1S/C16H23N3O4S/c1-6-19-11-13(12(2)17-19)10-18(3)24(20,21)16-8-7-14(22-4)9-15(16)23-5/h7-9,11H,6,10H2,1-5H3. The van der Waals surface area contributed by atoms with Gasteiger partial charge in [-0.3, -0.25) is 4.68 Å². The maximum absolute atomic E-state index is 12.9. The van der Waals surface area contributed by atoms with Crippen molar-refractivity contribution in [3.8, 4) is 11.5 Å². The van der Waals surface area contributed by atoms with Crippen molar-refractivity contribution in [3.05, 3.63) is 35.7 Å². The first-order valence-corrected chi connectivity index (χ1v) is 8.98. The molecule has 8 heteroatoms. The summed E-state index contributed by atoms with van der Waals surface area (Å²) in [5.41, 5.74) is 1.69. The van der Waals surface area contributed by atoms with Gasteiger partial charge >= 0.3 is 0 Å². The predicted molar refractivity (Wildman–Crippen MR) is 90.8 cm³/mol. The number of methoxy groups -OCH3 is 2. The van der Waals surface area contributed by atoms with E-state index in [1.807, 2.05) is 20.0 Å². The van der Waals surface area contributed by atoms with Gasteiger partial charge in [-0.1, -0.05) is 0 Å². The van der Waals surface area contributed by atoms with Crippen molar-refractivity contribution in [1.82, 2.24) is 14.1 Å². The summed E-state index contributed by atoms with van der Waals surface area (Å²) in [5.74, 6) is 0.788. The van der Waals surface area contributed by atoms with E-state index >= 15 is 0 Å². The van der Waals surface area contributed by atoms with E-state index in [2.05, 4.69) is 5.10 Å². The van der Waals surface area contributed by atoms with Crippen LogP contribution in [0.4, 0.5) is 0 Å². The average molecular weight is 353 g/mol. The van der Waals surface area contributed by atoms with Gasteiger partial charge in [-0.05, 0) is 26.0 Å². The number of hydrogen-bond donors (Lipinski definition) is 0. The van der Waals surface area contributed by atoms with E-state index in [9.17, 15) is 8.42 Å². The van der Waals surface area contributed by atoms with Gasteiger partial charge < -0.3 is 9.47 Å². The number of rotatable bonds is 7. The monoisotopic (exact) mass is 353 g/mol. The highest BCUT2D eigenvalue weighted by Gasteiger charge is 2.26. The van der Waals surface area contributed by atoms with Crippen molar-refractivity contribution in [2.24, 2.45) is 0 Å². The summed E-state index contributed by atoms with van der Waals surface area (Å²) < 4.78 is 39.2. The zero-order valence-corrected chi connectivity index (χ0v) is 15.4. The van der Waals surface area contributed by atoms with Crippen LogP contribution in [0.3, 0.4) is 0 Å². The van der Waals surface area contributed by atoms with E-state index in [1.54, 1.807) is 23.9 Å². The van der Waals surface area contributed by atoms with Crippen LogP contribution in [0.1, 0.15) is 18.2 Å². The average Bonchev–Trinajstić information content (AvgIpc) is 2.93. The van der Waals surface area contributed by atoms with E-state index < -0.39 is 10.0 Å². The summed E-state index contributed by atoms with van der Waals surface area (Å²) in [7, 11) is 0.791. The van der Waals surface area contributed by atoms with Crippen molar-refractivity contribution in [3.63, 3.8) is 0 Å². The predicted octanol–water partition coefficient (Wildman–Crippen LogP) is 2.05. The Bertz CT molecular complexity index is 815. The maximum atomic E-state index is 12.9. The zero-order chi connectivity index (χ0) is 17.9. The van der Waals surface area contributed by atoms with Crippen LogP contribution in [0.25, 0.3) is 0 Å². The molecule has 0 radical (unpaired) electrons. The molecule has 0 aliphatic rings. The minimum atomic E-state index is -3.70. The van der Waals surface area contributed by atoms with Crippen LogP contribution in [0.15, 0.2) is 29.3 Å². The first kappa shape index (κ1) is 18.3. The number of hydrogen-bond acceptors (Lipinski definition) is 5. The number of benzene rings is 1. The topological polar surface area (TPSA) is 73.7 Å². The molecule has 0 spiro atoms. The lowest BCUT2D eigenvalue weighted by Gasteiger charge is -2.19. The Kier molecular flexibility index (Phi) is 5.51. The highest BCUT2D eigenvalue weighted by molar-refractivity contribution is 7.89. The van der Waals surface area contributed by atoms with E-state index in [1.165, 1.54) is 24.6 Å². The lowest BCUT2D eigenvalue weighted by molar-refractivity contribution is 0.383. The fourth-order valence-electron chi connectivity index (χ4n) is 2.36. The Morgan fingerprint density at radius 3 is 2.50 bits per heavy atom. The van der Waals surface area contributed by atoms with Crippen molar-refractivity contribution >= 4 is 10.0 Å². The van der Waals surface area contributed by atoms with Gasteiger partial charge in [-0.25, -0.2) is 8.42 Å². The van der Waals surface area contributed by atoms with Gasteiger partial charge in [0.05, 0.1) is 19.9 Å². The van der Waals surface area contributed by atoms with Crippen molar-refractivity contribution in [1.29, 1.82) is 0 Å². The number of aromatic nitrogens is 2. The number of aryl methyl sites for hydroxylation is 2. The highest BCUT2D eigenvalue weighted by atomic mass is 32.2. The van der Waals surface area contributed by atoms with Crippen LogP contribution >= 0.6 is 0 Å². The molecular weight excluding hydrogens is 330 g/mol. The first-order chi connectivity index (χ1) is 11.3. The number of nitrogens with zero attached hydrogens (tertiary/aromatic N) is 3. The summed E-state index contributed by atoms with van der Waals surface area (Å²) >= 11 is 0. The molecule has 0 aliphatic carbocycles. The Labute approximate surface area is 142 Å². The molecular formula is C16H23N3O4S. The SMILES string of the molecule is CCn1cc(CN(C)S(=O)(=O)c2ccc(OC)cc2OC)c(C)n1. The van der Waals surface area contributed by atoms with Gasteiger partial charge in [0, 0.05) is 38.0 Å². The molecule has 1 heterocycles. The van der Waals surface area contributed by atoms with Crippen molar-refractivity contribution in [2.45, 2.75) is 31.8 Å². The van der Waals surface area contributed by atoms with Crippen molar-refractivity contribution in [2.75, 3.05) is 21.3 Å². The molecule has 0 bridgehead atoms. The molecule has 0 N–H and O–H groups in total. The Morgan fingerprint density at radius 1 is 1.25 bits per heavy atom. The second kappa shape index (κ2) is 7.23. The second-order valence-electron chi connectivity index (χ2n) is 5.37. The second-order valence-corrected chi connectivity index (χ2v) is 7.39. The molecule has 24 heavy (non-hydrogen) atoms. The maximum Gasteiger partial charge on any atom is 0.246 e. The quantitative estimate of drug-likeness (QED) is 0.762. The molecule has 132 valence electrons. The highest BCUT2D eigenvalue weighted by Crippen LogP contribution is 2.30. The lowest BCUT2D eigenvalue weighted by Crippen LogP contribution is -2.27. The normalized spacial score (nSPS) is 11.8. The third kappa shape index (κ3) is 3.54. The van der Waals surface area contributed by atoms with E-state index in [4.69, 9.17) is 9.47 Å². The molecule has 0 saturated carbocycles. The van der Waals surface area contributed by atoms with Crippen LogP contribution in [-0.2, 0) is 23.1 Å². The Morgan fingerprint density at radius 2 is 1.96 bits per heavy atom. The molecule has 2 rings (SSSR count). The van der Waals surface area contributed by atoms with Gasteiger partial charge in [-0.15, -0.1) is 0 Å². The summed E-state index contributed by atoms with van der Waals surface area (Å²) in [6.45, 7) is 4.84. The molecule has 0 atom stereocenters. The molecule has 0 saturated heterocycles. The van der Waals surface area contributed by atoms with Crippen LogP contribution in [0.2, 0.25) is 0 Å². The molecule has 0 aliphatic heterocycles. The fourth-order valence-corrected chi connectivity index (χ4v) is 3.64. The molecule has 7 nitrogen and oxygen atoms in total. The minimum Gasteiger partial charge on any atom is -0.497 e. The van der Waals surface area contributed by atoms with Gasteiger partial charge in [-0.2, -0.15) is 9.40 Å². The molecule has 0 amide bonds. The summed E-state index contributed by atoms with van der Waals surface area (Å²) in [4.78, 5) is 0.105. The van der Waals surface area contributed by atoms with Gasteiger partial charge in [0.1, 0.15) is 16.4 Å². The van der Waals surface area contributed by atoms with Crippen LogP contribution in [0.5, 0.6) is 11.5 Å². The minimum absolute atomic E-state index is 0.105. The first-order valence-electron chi connectivity index (χ1n) is 7.54. The van der Waals surface area contributed by atoms with E-state index in [-0.39, 0.29) is 17.2 Å². The van der Waals surface area contributed by atoms with Crippen LogP contribution in [0, 0.1) is 6.92 Å². The van der Waals surface area contributed by atoms with E-state index in [0.717, 1.165) is 17.8 Å². The fraction of sp³-hybridized carbons (Fsp3) is 0.438. The Hall–Kier alpha value is -2.06. The molecule has 0 fully saturated rings. The molecule has 1 aromatic carbocycles. The largest absolute Gasteiger partial charge is 0.497 e. The molecule has 1 aromatic heterocycles. The summed E-state index contributed by atoms with van der Waals surface area (Å²) in [6.07, 6.45) is 1.87. The third-order valence-electron chi connectivity index (χ3n) is 3.82. The number of ether oxygens (including phenoxy) is 2. The smallest absolute Gasteiger partial charge is 0.246 e. The van der Waals surface area contributed by atoms with E-state index in [0.29, 0.717) is 5.75 Å². The lowest BCUT2D eigenvalue weighted by atomic mass is 10.3. The van der Waals surface area contributed by atoms with Gasteiger partial charge in [0.2, 0.25) is 10.0 Å². The Balaban J connectivity index is 2.33. The molecule has 0 unspecified atom stereocenters. The van der Waals surface area contributed by atoms with Gasteiger partial charge in [0.25, 0.3) is 0 Å². The van der Waals surface area contributed by atoms with Crippen molar-refractivity contribution < 1.29 is 17.9 Å². The van der Waals surface area contributed by atoms with Gasteiger partial charge in [0.15, 0.2) is 0 Å². The van der Waals surface area contributed by atoms with Crippen LogP contribution in [-0.4, -0.2) is 43.8 Å².